The second-order valence-electron chi connectivity index (χ2n) is 10.5. The summed E-state index contributed by atoms with van der Waals surface area (Å²) in [6, 6.07) is -0.0840. The third kappa shape index (κ3) is 5.79. The Kier molecular flexibility index (Phi) is 8.58. The highest BCUT2D eigenvalue weighted by Crippen LogP contribution is 2.37. The first-order chi connectivity index (χ1) is 19.4. The maximum absolute atomic E-state index is 13.3. The highest BCUT2D eigenvalue weighted by atomic mass is 35.5. The Bertz CT molecular complexity index is 1510. The van der Waals surface area contributed by atoms with Crippen LogP contribution >= 0.6 is 11.6 Å². The van der Waals surface area contributed by atoms with Crippen molar-refractivity contribution >= 4 is 40.5 Å². The summed E-state index contributed by atoms with van der Waals surface area (Å²) >= 11 is 6.47. The summed E-state index contributed by atoms with van der Waals surface area (Å²) in [5.74, 6) is 0.631. The van der Waals surface area contributed by atoms with Crippen LogP contribution in [0.2, 0.25) is 0 Å². The standard InChI is InChI=1S/C28H34ClFN8O2/c1-4-7-17(2)8-5-9-18(3)38-23-22(19-14-20(29)16-31-15-19)32-25(26-35-36-28(39)40-26)33-24(23)34-27(38)37-13-6-10-21(37)11-12-30/h4,11-12,14-15,17-18,20-21H,1,5-10,13,16H2,2-3H3,(H,36,39)/b12-11+/t17-,18?,20?,21?/m0/s1. The topological polar surface area (TPSA) is 118 Å². The normalized spacial score (nSPS) is 20.9. The van der Waals surface area contributed by atoms with Gasteiger partial charge in [-0.1, -0.05) is 31.9 Å². The van der Waals surface area contributed by atoms with Crippen molar-refractivity contribution in [1.82, 2.24) is 29.7 Å². The lowest BCUT2D eigenvalue weighted by molar-refractivity contribution is 0.439. The van der Waals surface area contributed by atoms with Gasteiger partial charge in [-0.05, 0) is 44.6 Å². The molecule has 12 heteroatoms. The molecule has 0 spiro atoms. The smallest absolute Gasteiger partial charge is 0.384 e. The predicted molar refractivity (Wildman–Crippen MR) is 156 cm³/mol. The predicted octanol–water partition coefficient (Wildman–Crippen LogP) is 5.64. The number of nitrogens with one attached hydrogen (secondary N) is 1. The van der Waals surface area contributed by atoms with E-state index in [0.29, 0.717) is 36.1 Å². The summed E-state index contributed by atoms with van der Waals surface area (Å²) in [4.78, 5) is 32.7. The molecule has 4 atom stereocenters. The molecule has 5 heterocycles. The Morgan fingerprint density at radius 1 is 1.30 bits per heavy atom. The van der Waals surface area contributed by atoms with Gasteiger partial charge in [-0.15, -0.1) is 23.3 Å². The SMILES string of the molecule is C=CC[C@H](C)CCCC(C)n1c(N2CCCC2/C=C/F)nc2nc(-c3n[nH]c(=O)o3)nc(C3=CC(Cl)CN=C3)c21. The van der Waals surface area contributed by atoms with Crippen LogP contribution in [0.4, 0.5) is 10.3 Å². The van der Waals surface area contributed by atoms with Crippen LogP contribution in [0.3, 0.4) is 0 Å². The van der Waals surface area contributed by atoms with Crippen LogP contribution in [0.25, 0.3) is 28.5 Å². The molecule has 2 aliphatic rings. The van der Waals surface area contributed by atoms with Crippen molar-refractivity contribution in [1.29, 1.82) is 0 Å². The van der Waals surface area contributed by atoms with Gasteiger partial charge in [0.05, 0.1) is 24.3 Å². The largest absolute Gasteiger partial charge is 0.434 e. The van der Waals surface area contributed by atoms with Crippen molar-refractivity contribution in [2.45, 2.75) is 69.8 Å². The number of alkyl halides is 1. The van der Waals surface area contributed by atoms with E-state index in [1.807, 2.05) is 12.2 Å². The van der Waals surface area contributed by atoms with Gasteiger partial charge < -0.3 is 13.9 Å². The fourth-order valence-electron chi connectivity index (χ4n) is 5.53. The zero-order valence-corrected chi connectivity index (χ0v) is 23.5. The highest BCUT2D eigenvalue weighted by Gasteiger charge is 2.32. The molecule has 1 N–H and O–H groups in total. The maximum Gasteiger partial charge on any atom is 0.434 e. The minimum atomic E-state index is -0.706. The zero-order valence-electron chi connectivity index (χ0n) is 22.8. The van der Waals surface area contributed by atoms with E-state index < -0.39 is 5.76 Å². The van der Waals surface area contributed by atoms with Gasteiger partial charge >= 0.3 is 5.76 Å². The van der Waals surface area contributed by atoms with Crippen molar-refractivity contribution in [2.24, 2.45) is 10.9 Å². The first kappa shape index (κ1) is 27.9. The number of anilines is 1. The minimum Gasteiger partial charge on any atom is -0.384 e. The number of halogens is 2. The fourth-order valence-corrected chi connectivity index (χ4v) is 5.75. The van der Waals surface area contributed by atoms with Crippen LogP contribution in [0, 0.1) is 5.92 Å². The summed E-state index contributed by atoms with van der Waals surface area (Å²) in [7, 11) is 0. The summed E-state index contributed by atoms with van der Waals surface area (Å²) in [5.41, 5.74) is 2.44. The van der Waals surface area contributed by atoms with Gasteiger partial charge in [0.1, 0.15) is 11.2 Å². The molecule has 0 aliphatic carbocycles. The monoisotopic (exact) mass is 568 g/mol. The molecule has 0 saturated carbocycles. The molecule has 3 unspecified atom stereocenters. The number of dihydropyridines is 1. The summed E-state index contributed by atoms with van der Waals surface area (Å²) in [5, 5.41) is 5.90. The first-order valence-corrected chi connectivity index (χ1v) is 14.2. The molecule has 5 rings (SSSR count). The molecular weight excluding hydrogens is 535 g/mol. The Morgan fingerprint density at radius 3 is 2.88 bits per heavy atom. The van der Waals surface area contributed by atoms with E-state index in [2.05, 4.69) is 50.1 Å². The minimum absolute atomic E-state index is 0.0379. The van der Waals surface area contributed by atoms with E-state index >= 15 is 0 Å². The molecule has 3 aromatic rings. The van der Waals surface area contributed by atoms with Crippen molar-refractivity contribution in [3.8, 4) is 11.7 Å². The zero-order chi connectivity index (χ0) is 28.2. The number of allylic oxidation sites excluding steroid dienone is 2. The van der Waals surface area contributed by atoms with Crippen molar-refractivity contribution in [3.63, 3.8) is 0 Å². The number of H-pyrrole nitrogens is 1. The van der Waals surface area contributed by atoms with E-state index in [0.717, 1.165) is 56.2 Å². The van der Waals surface area contributed by atoms with Crippen LogP contribution in [-0.4, -0.2) is 60.4 Å². The number of aromatic amines is 1. The Balaban J connectivity index is 1.68. The van der Waals surface area contributed by atoms with Crippen LogP contribution in [0.15, 0.2) is 45.3 Å². The molecule has 1 saturated heterocycles. The molecule has 1 fully saturated rings. The second-order valence-corrected chi connectivity index (χ2v) is 11.1. The molecule has 0 radical (unpaired) electrons. The van der Waals surface area contributed by atoms with E-state index in [1.54, 1.807) is 12.3 Å². The molecule has 3 aromatic heterocycles. The van der Waals surface area contributed by atoms with Crippen LogP contribution in [0.5, 0.6) is 0 Å². The Morgan fingerprint density at radius 2 is 2.15 bits per heavy atom. The number of aromatic nitrogens is 6. The number of hydrogen-bond acceptors (Lipinski definition) is 8. The van der Waals surface area contributed by atoms with Gasteiger partial charge in [-0.3, -0.25) is 4.99 Å². The summed E-state index contributed by atoms with van der Waals surface area (Å²) in [6.45, 7) is 9.47. The van der Waals surface area contributed by atoms with Gasteiger partial charge in [0, 0.05) is 24.4 Å². The van der Waals surface area contributed by atoms with Crippen molar-refractivity contribution < 1.29 is 8.81 Å². The van der Waals surface area contributed by atoms with Crippen molar-refractivity contribution in [3.05, 3.63) is 47.4 Å². The van der Waals surface area contributed by atoms with Gasteiger partial charge in [0.25, 0.3) is 5.89 Å². The number of hydrogen-bond donors (Lipinski definition) is 1. The average molecular weight is 569 g/mol. The lowest BCUT2D eigenvalue weighted by atomic mass is 9.99. The first-order valence-electron chi connectivity index (χ1n) is 13.8. The number of nitrogens with zero attached hydrogens (tertiary/aromatic N) is 7. The maximum atomic E-state index is 13.3. The summed E-state index contributed by atoms with van der Waals surface area (Å²) < 4.78 is 20.7. The van der Waals surface area contributed by atoms with Gasteiger partial charge in [-0.2, -0.15) is 4.98 Å². The number of imidazole rings is 1. The summed E-state index contributed by atoms with van der Waals surface area (Å²) in [6.07, 6.45) is 13.5. The number of aliphatic imine (C=N–C) groups is 1. The average Bonchev–Trinajstić information content (AvgIpc) is 3.66. The molecule has 40 heavy (non-hydrogen) atoms. The molecule has 2 aliphatic heterocycles. The number of fused-ring (bicyclic) bond motifs is 1. The van der Waals surface area contributed by atoms with E-state index in [1.165, 1.54) is 0 Å². The number of rotatable bonds is 11. The van der Waals surface area contributed by atoms with Gasteiger partial charge in [-0.25, -0.2) is 24.3 Å². The fraction of sp³-hybridized carbons (Fsp3) is 0.500. The molecule has 0 amide bonds. The van der Waals surface area contributed by atoms with E-state index in [9.17, 15) is 9.18 Å². The van der Waals surface area contributed by atoms with Crippen LogP contribution in [0.1, 0.15) is 64.1 Å². The van der Waals surface area contributed by atoms with Gasteiger partial charge in [0.2, 0.25) is 11.8 Å². The van der Waals surface area contributed by atoms with Crippen LogP contribution < -0.4 is 10.7 Å². The van der Waals surface area contributed by atoms with E-state index in [4.69, 9.17) is 26.0 Å². The van der Waals surface area contributed by atoms with Crippen molar-refractivity contribution in [2.75, 3.05) is 18.0 Å². The molecular formula is C28H34ClFN8O2. The third-order valence-corrected chi connectivity index (χ3v) is 7.74. The highest BCUT2D eigenvalue weighted by molar-refractivity contribution is 6.25. The molecule has 10 nitrogen and oxygen atoms in total. The van der Waals surface area contributed by atoms with Gasteiger partial charge in [0.15, 0.2) is 5.65 Å². The van der Waals surface area contributed by atoms with E-state index in [-0.39, 0.29) is 29.2 Å². The Hall–Kier alpha value is -3.60. The molecule has 0 bridgehead atoms. The third-order valence-electron chi connectivity index (χ3n) is 7.48. The Labute approximate surface area is 236 Å². The lowest BCUT2D eigenvalue weighted by Gasteiger charge is -2.27. The lowest BCUT2D eigenvalue weighted by Crippen LogP contribution is -2.31. The second kappa shape index (κ2) is 12.3. The van der Waals surface area contributed by atoms with Crippen LogP contribution in [-0.2, 0) is 0 Å². The molecule has 0 aromatic carbocycles. The quantitative estimate of drug-likeness (QED) is 0.235. The molecule has 212 valence electrons.